The minimum Gasteiger partial charge on any atom is -1.00 e. The number of hydrogen-bond donors (Lipinski definition) is 4. The lowest BCUT2D eigenvalue weighted by Gasteiger charge is -2.57. The van der Waals surface area contributed by atoms with Crippen molar-refractivity contribution in [1.29, 1.82) is 0 Å². The predicted molar refractivity (Wildman–Crippen MR) is 116 cm³/mol. The lowest BCUT2D eigenvalue weighted by molar-refractivity contribution is -0.946. The monoisotopic (exact) mass is 453 g/mol. The second-order valence-electron chi connectivity index (χ2n) is 12.8. The van der Waals surface area contributed by atoms with Crippen molar-refractivity contribution < 1.29 is 32.6 Å². The normalized spacial score (nSPS) is 60.5. The number of hydrogen-bond acceptors (Lipinski definition) is 3. The SMILES string of the molecule is C[C@@H]1[C@H]2CC[C@@]3(O)[C@@H]4CC(O)[C@H]5CC(O)CCC5(C)[C@H]4C[C@H]3[C@@H]2C[NH+]2CCCC[C@@H]12.[Cl-]. The highest BCUT2D eigenvalue weighted by Crippen LogP contribution is 2.67. The molecule has 178 valence electrons. The summed E-state index contributed by atoms with van der Waals surface area (Å²) in [6.45, 7) is 7.56. The number of halogens is 1. The Morgan fingerprint density at radius 3 is 2.45 bits per heavy atom. The number of rotatable bonds is 0. The maximum atomic E-state index is 12.2. The zero-order chi connectivity index (χ0) is 20.8. The molecule has 0 aromatic rings. The van der Waals surface area contributed by atoms with E-state index in [-0.39, 0.29) is 41.9 Å². The summed E-state index contributed by atoms with van der Waals surface area (Å²) in [5, 5.41) is 33.7. The first-order chi connectivity index (χ1) is 14.3. The van der Waals surface area contributed by atoms with Gasteiger partial charge in [-0.1, -0.05) is 13.8 Å². The molecule has 4 saturated carbocycles. The fourth-order valence-electron chi connectivity index (χ4n) is 10.6. The van der Waals surface area contributed by atoms with E-state index in [4.69, 9.17) is 0 Å². The quantitative estimate of drug-likeness (QED) is 0.381. The van der Waals surface area contributed by atoms with Crippen molar-refractivity contribution >= 4 is 0 Å². The molecule has 2 heterocycles. The molecule has 0 spiro atoms. The van der Waals surface area contributed by atoms with Crippen LogP contribution in [0.4, 0.5) is 0 Å². The zero-order valence-electron chi connectivity index (χ0n) is 19.5. The van der Waals surface area contributed by atoms with Crippen molar-refractivity contribution in [2.24, 2.45) is 46.8 Å². The first-order valence-corrected chi connectivity index (χ1v) is 13.3. The molecule has 4 unspecified atom stereocenters. The van der Waals surface area contributed by atoms with Crippen molar-refractivity contribution in [3.8, 4) is 0 Å². The molecule has 13 atom stereocenters. The third-order valence-corrected chi connectivity index (χ3v) is 12.0. The molecule has 0 amide bonds. The van der Waals surface area contributed by atoms with Gasteiger partial charge in [-0.15, -0.1) is 0 Å². The Morgan fingerprint density at radius 2 is 1.65 bits per heavy atom. The van der Waals surface area contributed by atoms with Crippen LogP contribution in [0, 0.1) is 46.8 Å². The zero-order valence-corrected chi connectivity index (χ0v) is 20.2. The minimum atomic E-state index is -0.557. The van der Waals surface area contributed by atoms with E-state index in [2.05, 4.69) is 13.8 Å². The van der Waals surface area contributed by atoms with Gasteiger partial charge in [-0.25, -0.2) is 0 Å². The molecule has 0 aromatic carbocycles. The van der Waals surface area contributed by atoms with Crippen LogP contribution in [0.1, 0.15) is 78.1 Å². The molecule has 4 aliphatic carbocycles. The van der Waals surface area contributed by atoms with Gasteiger partial charge in [0.25, 0.3) is 0 Å². The fraction of sp³-hybridized carbons (Fsp3) is 1.00. The lowest BCUT2D eigenvalue weighted by atomic mass is 9.50. The van der Waals surface area contributed by atoms with Crippen LogP contribution in [-0.4, -0.2) is 52.3 Å². The molecule has 2 aliphatic heterocycles. The first kappa shape index (κ1) is 22.9. The average molecular weight is 454 g/mol. The molecule has 0 radical (unpaired) electrons. The van der Waals surface area contributed by atoms with E-state index in [9.17, 15) is 15.3 Å². The largest absolute Gasteiger partial charge is 1.00 e. The second kappa shape index (κ2) is 7.83. The maximum Gasteiger partial charge on any atom is 0.0903 e. The van der Waals surface area contributed by atoms with Gasteiger partial charge < -0.3 is 32.6 Å². The standard InChI is InChI=1S/C26H43NO3.ClH/c1-15-17-7-9-26(30)19(18(17)14-27-10-4-3-5-23(15)27)12-20-21(26)13-24(29)22-11-16(28)6-8-25(20,22)2;/h15-24,28-30H,3-14H2,1-2H3;1H/t15-,16?,17-,18-,19+,20+,21-,22-,23+,24?,25?,26+;/m1./s1. The minimum absolute atomic E-state index is 0. The molecule has 31 heavy (non-hydrogen) atoms. The third kappa shape index (κ3) is 3.14. The molecular formula is C26H44ClNO3. The Bertz CT molecular complexity index is 692. The van der Waals surface area contributed by atoms with Crippen molar-refractivity contribution in [2.45, 2.75) is 102 Å². The van der Waals surface area contributed by atoms with E-state index in [1.165, 1.54) is 45.2 Å². The Morgan fingerprint density at radius 1 is 0.839 bits per heavy atom. The summed E-state index contributed by atoms with van der Waals surface area (Å²) in [6, 6.07) is 0.860. The Labute approximate surface area is 194 Å². The maximum absolute atomic E-state index is 12.2. The van der Waals surface area contributed by atoms with Crippen molar-refractivity contribution in [2.75, 3.05) is 13.1 Å². The molecule has 0 aromatic heterocycles. The molecule has 4 nitrogen and oxygen atoms in total. The van der Waals surface area contributed by atoms with Crippen LogP contribution in [0.15, 0.2) is 0 Å². The van der Waals surface area contributed by atoms with E-state index in [0.717, 1.165) is 50.0 Å². The molecular weight excluding hydrogens is 410 g/mol. The van der Waals surface area contributed by atoms with Crippen LogP contribution < -0.4 is 17.3 Å². The molecule has 6 fully saturated rings. The van der Waals surface area contributed by atoms with Crippen LogP contribution >= 0.6 is 0 Å². The van der Waals surface area contributed by atoms with E-state index < -0.39 is 5.60 Å². The van der Waals surface area contributed by atoms with Crippen LogP contribution in [0.5, 0.6) is 0 Å². The fourth-order valence-corrected chi connectivity index (χ4v) is 10.6. The van der Waals surface area contributed by atoms with E-state index in [1.807, 2.05) is 4.90 Å². The average Bonchev–Trinajstić information content (AvgIpc) is 3.03. The van der Waals surface area contributed by atoms with Gasteiger partial charge in [0.15, 0.2) is 0 Å². The summed E-state index contributed by atoms with van der Waals surface area (Å²) in [5.74, 6) is 3.69. The number of piperidine rings is 2. The van der Waals surface area contributed by atoms with E-state index in [0.29, 0.717) is 17.8 Å². The van der Waals surface area contributed by atoms with Gasteiger partial charge in [0.2, 0.25) is 0 Å². The highest BCUT2D eigenvalue weighted by molar-refractivity contribution is 5.16. The van der Waals surface area contributed by atoms with Gasteiger partial charge in [0.1, 0.15) is 0 Å². The highest BCUT2D eigenvalue weighted by atomic mass is 35.5. The van der Waals surface area contributed by atoms with Crippen molar-refractivity contribution in [3.05, 3.63) is 0 Å². The highest BCUT2D eigenvalue weighted by Gasteiger charge is 2.68. The smallest absolute Gasteiger partial charge is 0.0903 e. The topological polar surface area (TPSA) is 65.1 Å². The molecule has 0 bridgehead atoms. The molecule has 6 aliphatic rings. The Balaban J connectivity index is 0.00000204. The number of nitrogens with one attached hydrogen (secondary N) is 1. The van der Waals surface area contributed by atoms with Crippen LogP contribution in [-0.2, 0) is 0 Å². The number of quaternary nitrogens is 1. The number of aliphatic hydroxyl groups excluding tert-OH is 2. The summed E-state index contributed by atoms with van der Waals surface area (Å²) in [6.07, 6.45) is 10.3. The summed E-state index contributed by atoms with van der Waals surface area (Å²) in [4.78, 5) is 1.85. The molecule has 5 heteroatoms. The van der Waals surface area contributed by atoms with Crippen LogP contribution in [0.2, 0.25) is 0 Å². The molecule has 4 N–H and O–H groups in total. The van der Waals surface area contributed by atoms with Crippen LogP contribution in [0.3, 0.4) is 0 Å². The molecule has 2 saturated heterocycles. The van der Waals surface area contributed by atoms with Gasteiger partial charge in [-0.3, -0.25) is 0 Å². The van der Waals surface area contributed by atoms with Crippen molar-refractivity contribution in [1.82, 2.24) is 0 Å². The Hall–Kier alpha value is 0.130. The summed E-state index contributed by atoms with van der Waals surface area (Å²) >= 11 is 0. The first-order valence-electron chi connectivity index (χ1n) is 13.3. The number of aliphatic hydroxyl groups is 3. The van der Waals surface area contributed by atoms with Gasteiger partial charge in [-0.2, -0.15) is 0 Å². The van der Waals surface area contributed by atoms with E-state index in [1.54, 1.807) is 0 Å². The summed E-state index contributed by atoms with van der Waals surface area (Å²) in [5.41, 5.74) is -0.469. The Kier molecular flexibility index (Phi) is 5.79. The van der Waals surface area contributed by atoms with Crippen LogP contribution in [0.25, 0.3) is 0 Å². The summed E-state index contributed by atoms with van der Waals surface area (Å²) in [7, 11) is 0. The second-order valence-corrected chi connectivity index (χ2v) is 12.8. The lowest BCUT2D eigenvalue weighted by Crippen LogP contribution is -3.19. The van der Waals surface area contributed by atoms with Crippen molar-refractivity contribution in [3.63, 3.8) is 0 Å². The molecule has 6 rings (SSSR count). The summed E-state index contributed by atoms with van der Waals surface area (Å²) < 4.78 is 0. The van der Waals surface area contributed by atoms with Gasteiger partial charge >= 0.3 is 0 Å². The third-order valence-electron chi connectivity index (χ3n) is 12.0. The number of fused-ring (bicyclic) bond motifs is 8. The van der Waals surface area contributed by atoms with Gasteiger partial charge in [0, 0.05) is 11.8 Å². The van der Waals surface area contributed by atoms with E-state index >= 15 is 0 Å². The predicted octanol–water partition coefficient (Wildman–Crippen LogP) is -0.981. The van der Waals surface area contributed by atoms with Gasteiger partial charge in [0.05, 0.1) is 36.9 Å². The van der Waals surface area contributed by atoms with Gasteiger partial charge in [-0.05, 0) is 99.2 Å².